The van der Waals surface area contributed by atoms with Gasteiger partial charge in [-0.1, -0.05) is 23.8 Å². The predicted octanol–water partition coefficient (Wildman–Crippen LogP) is 3.21. The van der Waals surface area contributed by atoms with Crippen LogP contribution in [0.4, 0.5) is 0 Å². The van der Waals surface area contributed by atoms with Crippen molar-refractivity contribution in [2.75, 3.05) is 19.9 Å². The molecule has 0 aliphatic carbocycles. The number of benzene rings is 2. The van der Waals surface area contributed by atoms with Crippen molar-refractivity contribution in [3.8, 4) is 11.5 Å². The largest absolute Gasteiger partial charge is 0.454 e. The van der Waals surface area contributed by atoms with Crippen LogP contribution in [0.3, 0.4) is 0 Å². The van der Waals surface area contributed by atoms with E-state index in [1.807, 2.05) is 44.2 Å². The van der Waals surface area contributed by atoms with Crippen LogP contribution in [0.5, 0.6) is 11.5 Å². The third-order valence-corrected chi connectivity index (χ3v) is 6.99. The Balaban J connectivity index is 1.57. The van der Waals surface area contributed by atoms with Gasteiger partial charge >= 0.3 is 0 Å². The van der Waals surface area contributed by atoms with Gasteiger partial charge < -0.3 is 9.47 Å². The van der Waals surface area contributed by atoms with Gasteiger partial charge in [-0.2, -0.15) is 4.31 Å². The van der Waals surface area contributed by atoms with Crippen LogP contribution in [0.2, 0.25) is 0 Å². The van der Waals surface area contributed by atoms with Crippen molar-refractivity contribution in [2.45, 2.75) is 31.1 Å². The van der Waals surface area contributed by atoms with Gasteiger partial charge in [0.2, 0.25) is 16.8 Å². The van der Waals surface area contributed by atoms with Crippen LogP contribution in [0.1, 0.15) is 29.0 Å². The molecule has 0 saturated carbocycles. The first kappa shape index (κ1) is 16.4. The smallest absolute Gasteiger partial charge is 0.243 e. The first-order chi connectivity index (χ1) is 11.9. The molecule has 1 saturated heterocycles. The molecule has 2 heterocycles. The Bertz CT molecular complexity index is 923. The zero-order chi connectivity index (χ0) is 17.6. The Kier molecular flexibility index (Phi) is 3.96. The molecule has 25 heavy (non-hydrogen) atoms. The fraction of sp³-hybridized carbons (Fsp3) is 0.368. The molecule has 0 amide bonds. The van der Waals surface area contributed by atoms with E-state index in [0.29, 0.717) is 18.0 Å². The number of rotatable bonds is 3. The third kappa shape index (κ3) is 2.89. The Morgan fingerprint density at radius 2 is 1.84 bits per heavy atom. The highest BCUT2D eigenvalue weighted by Crippen LogP contribution is 2.38. The summed E-state index contributed by atoms with van der Waals surface area (Å²) in [4.78, 5) is 0.407. The summed E-state index contributed by atoms with van der Waals surface area (Å²) >= 11 is 0. The summed E-state index contributed by atoms with van der Waals surface area (Å²) in [6.45, 7) is 5.10. The normalized spacial score (nSPS) is 20.2. The number of hydrogen-bond donors (Lipinski definition) is 0. The molecule has 5 nitrogen and oxygen atoms in total. The first-order valence-electron chi connectivity index (χ1n) is 8.42. The van der Waals surface area contributed by atoms with Gasteiger partial charge in [0.25, 0.3) is 0 Å². The van der Waals surface area contributed by atoms with Crippen LogP contribution in [0.15, 0.2) is 41.3 Å². The maximum absolute atomic E-state index is 13.0. The molecular formula is C19H21NO4S. The molecule has 0 spiro atoms. The molecule has 0 N–H and O–H groups in total. The lowest BCUT2D eigenvalue weighted by atomic mass is 9.98. The van der Waals surface area contributed by atoms with Crippen molar-refractivity contribution in [2.24, 2.45) is 0 Å². The Morgan fingerprint density at radius 3 is 2.64 bits per heavy atom. The van der Waals surface area contributed by atoms with E-state index in [9.17, 15) is 8.42 Å². The maximum Gasteiger partial charge on any atom is 0.243 e. The minimum Gasteiger partial charge on any atom is -0.454 e. The van der Waals surface area contributed by atoms with Gasteiger partial charge in [0.1, 0.15) is 0 Å². The minimum atomic E-state index is -3.46. The average molecular weight is 359 g/mol. The number of hydrogen-bond acceptors (Lipinski definition) is 4. The van der Waals surface area contributed by atoms with E-state index in [1.54, 1.807) is 10.4 Å². The van der Waals surface area contributed by atoms with Crippen molar-refractivity contribution >= 4 is 10.0 Å². The fourth-order valence-corrected chi connectivity index (χ4v) is 5.32. The first-order valence-corrected chi connectivity index (χ1v) is 9.86. The third-order valence-electron chi connectivity index (χ3n) is 4.97. The van der Waals surface area contributed by atoms with E-state index in [-0.39, 0.29) is 12.7 Å². The van der Waals surface area contributed by atoms with Gasteiger partial charge in [-0.3, -0.25) is 0 Å². The van der Waals surface area contributed by atoms with Crippen LogP contribution in [0, 0.1) is 13.8 Å². The van der Waals surface area contributed by atoms with E-state index in [0.717, 1.165) is 34.6 Å². The molecule has 0 unspecified atom stereocenters. The lowest BCUT2D eigenvalue weighted by Crippen LogP contribution is -2.29. The number of fused-ring (bicyclic) bond motifs is 1. The summed E-state index contributed by atoms with van der Waals surface area (Å²) in [6, 6.07) is 11.4. The van der Waals surface area contributed by atoms with Crippen molar-refractivity contribution in [1.82, 2.24) is 4.31 Å². The van der Waals surface area contributed by atoms with Crippen molar-refractivity contribution in [3.05, 3.63) is 53.1 Å². The van der Waals surface area contributed by atoms with E-state index in [4.69, 9.17) is 9.47 Å². The summed E-state index contributed by atoms with van der Waals surface area (Å²) in [7, 11) is -3.46. The van der Waals surface area contributed by atoms with E-state index in [2.05, 4.69) is 0 Å². The lowest BCUT2D eigenvalue weighted by Gasteiger charge is -2.18. The molecular weight excluding hydrogens is 338 g/mol. The molecule has 0 bridgehead atoms. The highest BCUT2D eigenvalue weighted by molar-refractivity contribution is 7.89. The summed E-state index contributed by atoms with van der Waals surface area (Å²) in [6.07, 6.45) is 0.809. The predicted molar refractivity (Wildman–Crippen MR) is 94.6 cm³/mol. The Hall–Kier alpha value is -2.05. The maximum atomic E-state index is 13.0. The second-order valence-electron chi connectivity index (χ2n) is 6.73. The zero-order valence-corrected chi connectivity index (χ0v) is 15.2. The molecule has 2 aromatic carbocycles. The van der Waals surface area contributed by atoms with Crippen LogP contribution >= 0.6 is 0 Å². The van der Waals surface area contributed by atoms with Crippen molar-refractivity contribution < 1.29 is 17.9 Å². The molecule has 1 atom stereocenters. The molecule has 0 radical (unpaired) electrons. The zero-order valence-electron chi connectivity index (χ0n) is 14.4. The molecule has 2 aliphatic heterocycles. The van der Waals surface area contributed by atoms with E-state index in [1.165, 1.54) is 0 Å². The van der Waals surface area contributed by atoms with Crippen molar-refractivity contribution in [1.29, 1.82) is 0 Å². The van der Waals surface area contributed by atoms with Crippen LogP contribution in [0.25, 0.3) is 0 Å². The molecule has 132 valence electrons. The Morgan fingerprint density at radius 1 is 1.04 bits per heavy atom. The van der Waals surface area contributed by atoms with E-state index >= 15 is 0 Å². The lowest BCUT2D eigenvalue weighted by molar-refractivity contribution is 0.174. The number of aryl methyl sites for hydroxylation is 2. The number of ether oxygens (including phenoxy) is 2. The standard InChI is InChI=1S/C19H21NO4S/c1-13-3-6-19(14(2)9-13)25(21,22)20-8-7-16(11-20)15-4-5-17-18(10-15)24-12-23-17/h3-6,9-10,16H,7-8,11-12H2,1-2H3/t16-/m1/s1. The number of sulfonamides is 1. The number of nitrogens with zero attached hydrogens (tertiary/aromatic N) is 1. The SMILES string of the molecule is Cc1ccc(S(=O)(=O)N2CC[C@@H](c3ccc4c(c3)OCO4)C2)c(C)c1. The van der Waals surface area contributed by atoms with Gasteiger partial charge in [0.15, 0.2) is 11.5 Å². The van der Waals surface area contributed by atoms with Gasteiger partial charge in [-0.05, 0) is 55.5 Å². The quantitative estimate of drug-likeness (QED) is 0.844. The Labute approximate surface area is 148 Å². The van der Waals surface area contributed by atoms with Crippen LogP contribution < -0.4 is 9.47 Å². The molecule has 6 heteroatoms. The van der Waals surface area contributed by atoms with Crippen LogP contribution in [-0.4, -0.2) is 32.6 Å². The molecule has 1 fully saturated rings. The van der Waals surface area contributed by atoms with Gasteiger partial charge in [0.05, 0.1) is 4.90 Å². The fourth-order valence-electron chi connectivity index (χ4n) is 3.61. The van der Waals surface area contributed by atoms with Crippen molar-refractivity contribution in [3.63, 3.8) is 0 Å². The highest BCUT2D eigenvalue weighted by Gasteiger charge is 2.34. The monoisotopic (exact) mass is 359 g/mol. The van der Waals surface area contributed by atoms with Gasteiger partial charge in [-0.15, -0.1) is 0 Å². The molecule has 0 aromatic heterocycles. The minimum absolute atomic E-state index is 0.176. The molecule has 2 aromatic rings. The summed E-state index contributed by atoms with van der Waals surface area (Å²) < 4.78 is 38.4. The van der Waals surface area contributed by atoms with Gasteiger partial charge in [0, 0.05) is 13.1 Å². The second-order valence-corrected chi connectivity index (χ2v) is 8.64. The van der Waals surface area contributed by atoms with Crippen LogP contribution in [-0.2, 0) is 10.0 Å². The van der Waals surface area contributed by atoms with E-state index < -0.39 is 10.0 Å². The average Bonchev–Trinajstić information content (AvgIpc) is 3.23. The molecule has 4 rings (SSSR count). The summed E-state index contributed by atoms with van der Waals surface area (Å²) in [5.74, 6) is 1.67. The second kappa shape index (κ2) is 6.04. The topological polar surface area (TPSA) is 55.8 Å². The summed E-state index contributed by atoms with van der Waals surface area (Å²) in [5.41, 5.74) is 2.96. The summed E-state index contributed by atoms with van der Waals surface area (Å²) in [5, 5.41) is 0. The highest BCUT2D eigenvalue weighted by atomic mass is 32.2. The van der Waals surface area contributed by atoms with Gasteiger partial charge in [-0.25, -0.2) is 8.42 Å². The molecule has 2 aliphatic rings.